The van der Waals surface area contributed by atoms with Crippen molar-refractivity contribution in [2.45, 2.75) is 32.4 Å². The summed E-state index contributed by atoms with van der Waals surface area (Å²) in [6.45, 7) is 8.10. The van der Waals surface area contributed by atoms with Crippen LogP contribution in [0.25, 0.3) is 0 Å². The summed E-state index contributed by atoms with van der Waals surface area (Å²) in [4.78, 5) is 16.3. The van der Waals surface area contributed by atoms with Crippen molar-refractivity contribution in [3.63, 3.8) is 0 Å². The van der Waals surface area contributed by atoms with Crippen LogP contribution in [0.1, 0.15) is 38.3 Å². The van der Waals surface area contributed by atoms with Crippen molar-refractivity contribution in [1.29, 1.82) is 0 Å². The molecular formula is C19H26N4O4. The fourth-order valence-corrected chi connectivity index (χ4v) is 3.05. The zero-order valence-corrected chi connectivity index (χ0v) is 16.2. The number of methoxy groups -OCH3 is 1. The number of carbonyl (C=O) groups is 1. The van der Waals surface area contributed by atoms with E-state index in [9.17, 15) is 4.79 Å². The van der Waals surface area contributed by atoms with Crippen molar-refractivity contribution in [1.82, 2.24) is 20.0 Å². The normalized spacial score (nSPS) is 16.8. The summed E-state index contributed by atoms with van der Waals surface area (Å²) in [5, 5.41) is 8.06. The number of rotatable bonds is 4. The highest BCUT2D eigenvalue weighted by Crippen LogP contribution is 2.30. The van der Waals surface area contributed by atoms with Crippen LogP contribution in [0.15, 0.2) is 34.7 Å². The number of carbonyl (C=O) groups excluding carboxylic acids is 1. The fourth-order valence-electron chi connectivity index (χ4n) is 3.05. The third-order valence-corrected chi connectivity index (χ3v) is 4.28. The van der Waals surface area contributed by atoms with Crippen LogP contribution in [0.4, 0.5) is 4.79 Å². The molecule has 2 heterocycles. The van der Waals surface area contributed by atoms with E-state index in [0.717, 1.165) is 5.56 Å². The highest BCUT2D eigenvalue weighted by atomic mass is 16.6. The lowest BCUT2D eigenvalue weighted by Gasteiger charge is -2.38. The van der Waals surface area contributed by atoms with E-state index in [2.05, 4.69) is 15.1 Å². The molecule has 1 aromatic carbocycles. The number of hydrogen-bond acceptors (Lipinski definition) is 7. The summed E-state index contributed by atoms with van der Waals surface area (Å²) in [5.74, 6) is 0.476. The lowest BCUT2D eigenvalue weighted by molar-refractivity contribution is 0.0109. The van der Waals surface area contributed by atoms with Gasteiger partial charge in [-0.2, -0.15) is 0 Å². The molecule has 0 aliphatic carbocycles. The number of hydrogen-bond donors (Lipinski definition) is 0. The second kappa shape index (κ2) is 7.96. The molecule has 1 saturated heterocycles. The molecule has 1 aliphatic heterocycles. The molecule has 146 valence electrons. The summed E-state index contributed by atoms with van der Waals surface area (Å²) >= 11 is 0. The van der Waals surface area contributed by atoms with Crippen molar-refractivity contribution in [3.8, 4) is 6.08 Å². The van der Waals surface area contributed by atoms with Gasteiger partial charge in [0.1, 0.15) is 11.6 Å². The molecule has 1 aromatic heterocycles. The van der Waals surface area contributed by atoms with E-state index < -0.39 is 5.60 Å². The highest BCUT2D eigenvalue weighted by Gasteiger charge is 2.33. The van der Waals surface area contributed by atoms with Gasteiger partial charge < -0.3 is 18.8 Å². The van der Waals surface area contributed by atoms with Gasteiger partial charge >= 0.3 is 12.2 Å². The number of aromatic nitrogens is 2. The van der Waals surface area contributed by atoms with Crippen molar-refractivity contribution in [2.24, 2.45) is 0 Å². The molecule has 1 amide bonds. The molecule has 1 aliphatic rings. The lowest BCUT2D eigenvalue weighted by atomic mass is 10.0. The van der Waals surface area contributed by atoms with Gasteiger partial charge in [0.15, 0.2) is 0 Å². The molecule has 2 aromatic rings. The van der Waals surface area contributed by atoms with Crippen LogP contribution in [0.3, 0.4) is 0 Å². The van der Waals surface area contributed by atoms with Crippen molar-refractivity contribution in [3.05, 3.63) is 41.8 Å². The number of piperazine rings is 1. The van der Waals surface area contributed by atoms with Crippen LogP contribution in [0.5, 0.6) is 6.08 Å². The van der Waals surface area contributed by atoms with Crippen LogP contribution in [-0.4, -0.2) is 65.0 Å². The van der Waals surface area contributed by atoms with Gasteiger partial charge in [0.05, 0.1) is 7.11 Å². The van der Waals surface area contributed by atoms with Crippen LogP contribution in [-0.2, 0) is 4.74 Å². The Balaban J connectivity index is 1.74. The van der Waals surface area contributed by atoms with E-state index >= 15 is 0 Å². The molecule has 0 N–H and O–H groups in total. The second-order valence-electron chi connectivity index (χ2n) is 7.43. The first-order valence-electron chi connectivity index (χ1n) is 9.01. The molecule has 8 heteroatoms. The Bertz CT molecular complexity index is 749. The van der Waals surface area contributed by atoms with Crippen LogP contribution < -0.4 is 4.74 Å². The van der Waals surface area contributed by atoms with E-state index in [4.69, 9.17) is 13.9 Å². The van der Waals surface area contributed by atoms with Gasteiger partial charge in [0.25, 0.3) is 0 Å². The predicted molar refractivity (Wildman–Crippen MR) is 98.5 cm³/mol. The van der Waals surface area contributed by atoms with Gasteiger partial charge in [-0.15, -0.1) is 5.10 Å². The van der Waals surface area contributed by atoms with E-state index in [0.29, 0.717) is 32.1 Å². The van der Waals surface area contributed by atoms with E-state index in [1.807, 2.05) is 51.1 Å². The van der Waals surface area contributed by atoms with Crippen molar-refractivity contribution in [2.75, 3.05) is 33.3 Å². The Morgan fingerprint density at radius 2 is 1.78 bits per heavy atom. The van der Waals surface area contributed by atoms with E-state index in [-0.39, 0.29) is 18.2 Å². The molecule has 1 fully saturated rings. The van der Waals surface area contributed by atoms with E-state index in [1.54, 1.807) is 4.90 Å². The van der Waals surface area contributed by atoms with Crippen LogP contribution >= 0.6 is 0 Å². The molecule has 0 saturated carbocycles. The SMILES string of the molecule is COc1nnc(C(c2ccccc2)N2CCN(C(=O)OC(C)(C)C)CC2)o1. The maximum atomic E-state index is 12.3. The molecule has 8 nitrogen and oxygen atoms in total. The summed E-state index contributed by atoms with van der Waals surface area (Å²) in [7, 11) is 1.49. The van der Waals surface area contributed by atoms with Gasteiger partial charge in [-0.25, -0.2) is 4.79 Å². The number of ether oxygens (including phenoxy) is 2. The smallest absolute Gasteiger partial charge is 0.414 e. The van der Waals surface area contributed by atoms with Gasteiger partial charge in [0.2, 0.25) is 5.89 Å². The summed E-state index contributed by atoms with van der Waals surface area (Å²) < 4.78 is 16.2. The van der Waals surface area contributed by atoms with Gasteiger partial charge in [-0.1, -0.05) is 35.4 Å². The highest BCUT2D eigenvalue weighted by molar-refractivity contribution is 5.68. The molecule has 0 bridgehead atoms. The van der Waals surface area contributed by atoms with Gasteiger partial charge in [-0.05, 0) is 26.3 Å². The minimum atomic E-state index is -0.499. The third-order valence-electron chi connectivity index (χ3n) is 4.28. The quantitative estimate of drug-likeness (QED) is 0.814. The Morgan fingerprint density at radius 3 is 2.33 bits per heavy atom. The summed E-state index contributed by atoms with van der Waals surface area (Å²) in [5.41, 5.74) is 0.552. The molecule has 3 rings (SSSR count). The Kier molecular flexibility index (Phi) is 5.65. The van der Waals surface area contributed by atoms with Crippen LogP contribution in [0.2, 0.25) is 0 Å². The Hall–Kier alpha value is -2.61. The number of benzene rings is 1. The number of amides is 1. The van der Waals surface area contributed by atoms with Crippen molar-refractivity contribution >= 4 is 6.09 Å². The maximum Gasteiger partial charge on any atom is 0.414 e. The standard InChI is InChI=1S/C19H26N4O4/c1-19(2,3)27-18(24)23-12-10-22(11-13-23)15(14-8-6-5-7-9-14)16-20-21-17(25-4)26-16/h5-9,15H,10-13H2,1-4H3. The average molecular weight is 374 g/mol. The second-order valence-corrected chi connectivity index (χ2v) is 7.43. The molecule has 1 atom stereocenters. The minimum Gasteiger partial charge on any atom is -0.452 e. The fraction of sp³-hybridized carbons (Fsp3) is 0.526. The lowest BCUT2D eigenvalue weighted by Crippen LogP contribution is -2.51. The molecule has 0 radical (unpaired) electrons. The zero-order valence-electron chi connectivity index (χ0n) is 16.2. The van der Waals surface area contributed by atoms with Crippen LogP contribution in [0, 0.1) is 0 Å². The Morgan fingerprint density at radius 1 is 1.11 bits per heavy atom. The van der Waals surface area contributed by atoms with E-state index in [1.165, 1.54) is 7.11 Å². The summed E-state index contributed by atoms with van der Waals surface area (Å²) in [6, 6.07) is 9.79. The monoisotopic (exact) mass is 374 g/mol. The number of nitrogens with zero attached hydrogens (tertiary/aromatic N) is 4. The summed E-state index contributed by atoms with van der Waals surface area (Å²) in [6.07, 6.45) is -0.142. The molecular weight excluding hydrogens is 348 g/mol. The molecule has 27 heavy (non-hydrogen) atoms. The average Bonchev–Trinajstić information content (AvgIpc) is 3.11. The van der Waals surface area contributed by atoms with Gasteiger partial charge in [-0.3, -0.25) is 4.90 Å². The largest absolute Gasteiger partial charge is 0.452 e. The topological polar surface area (TPSA) is 80.9 Å². The maximum absolute atomic E-state index is 12.3. The molecule has 0 spiro atoms. The molecule has 1 unspecified atom stereocenters. The first kappa shape index (κ1) is 19.2. The Labute approximate surface area is 159 Å². The first-order chi connectivity index (χ1) is 12.9. The van der Waals surface area contributed by atoms with Gasteiger partial charge in [0, 0.05) is 26.2 Å². The first-order valence-corrected chi connectivity index (χ1v) is 9.01. The zero-order chi connectivity index (χ0) is 19.4. The minimum absolute atomic E-state index is 0.137. The predicted octanol–water partition coefficient (Wildman–Crippen LogP) is 2.72. The van der Waals surface area contributed by atoms with Crippen molar-refractivity contribution < 1.29 is 18.7 Å². The third kappa shape index (κ3) is 4.77.